The van der Waals surface area contributed by atoms with Crippen molar-refractivity contribution in [2.45, 2.75) is 44.2 Å². The zero-order chi connectivity index (χ0) is 10.3. The molecule has 0 amide bonds. The van der Waals surface area contributed by atoms with E-state index in [1.165, 1.54) is 32.4 Å². The van der Waals surface area contributed by atoms with Crippen molar-refractivity contribution in [2.75, 3.05) is 26.2 Å². The molecule has 0 aliphatic carbocycles. The van der Waals surface area contributed by atoms with Gasteiger partial charge in [0.05, 0.1) is 0 Å². The molecule has 0 radical (unpaired) electrons. The lowest BCUT2D eigenvalue weighted by molar-refractivity contribution is -0.122. The fraction of sp³-hybridized carbons (Fsp3) is 0.917. The predicted octanol–water partition coefficient (Wildman–Crippen LogP) is 0.888. The van der Waals surface area contributed by atoms with Crippen LogP contribution in [-0.2, 0) is 4.79 Å². The van der Waals surface area contributed by atoms with Gasteiger partial charge in [-0.25, -0.2) is 0 Å². The van der Waals surface area contributed by atoms with E-state index in [0.717, 1.165) is 38.0 Å². The van der Waals surface area contributed by atoms with Gasteiger partial charge in [-0.15, -0.1) is 0 Å². The molecular weight excluding hydrogens is 188 g/mol. The second kappa shape index (κ2) is 3.87. The summed E-state index contributed by atoms with van der Waals surface area (Å²) >= 11 is 0. The molecular formula is C12H20N2O. The van der Waals surface area contributed by atoms with Crippen LogP contribution in [0.5, 0.6) is 0 Å². The maximum absolute atomic E-state index is 11.2. The van der Waals surface area contributed by atoms with E-state index < -0.39 is 0 Å². The maximum atomic E-state index is 11.2. The number of carbonyl (C=O) groups is 1. The molecule has 0 saturated carbocycles. The fourth-order valence-electron chi connectivity index (χ4n) is 3.59. The number of Topliss-reactive ketones (excluding diaryl/α,β-unsaturated/α-hetero) is 1. The molecule has 3 heterocycles. The van der Waals surface area contributed by atoms with Crippen LogP contribution in [0.15, 0.2) is 0 Å². The Bertz CT molecular complexity index is 256. The monoisotopic (exact) mass is 208 g/mol. The van der Waals surface area contributed by atoms with Gasteiger partial charge in [0.1, 0.15) is 5.78 Å². The molecule has 3 nitrogen and oxygen atoms in total. The Kier molecular flexibility index (Phi) is 2.53. The summed E-state index contributed by atoms with van der Waals surface area (Å²) in [5.41, 5.74) is 0. The molecule has 3 aliphatic rings. The number of piperidine rings is 1. The number of ketones is 1. The molecule has 84 valence electrons. The molecule has 3 saturated heterocycles. The normalized spacial score (nSPS) is 38.5. The van der Waals surface area contributed by atoms with Crippen LogP contribution in [0.3, 0.4) is 0 Å². The van der Waals surface area contributed by atoms with Crippen molar-refractivity contribution in [1.29, 1.82) is 0 Å². The summed E-state index contributed by atoms with van der Waals surface area (Å²) in [5.74, 6) is 0.465. The summed E-state index contributed by atoms with van der Waals surface area (Å²) in [6.07, 6.45) is 5.69. The van der Waals surface area contributed by atoms with Crippen molar-refractivity contribution in [3.63, 3.8) is 0 Å². The third-order valence-electron chi connectivity index (χ3n) is 4.40. The van der Waals surface area contributed by atoms with Crippen molar-refractivity contribution in [1.82, 2.24) is 9.80 Å². The number of rotatable bonds is 1. The fourth-order valence-corrected chi connectivity index (χ4v) is 3.59. The molecule has 3 aliphatic heterocycles. The van der Waals surface area contributed by atoms with Crippen LogP contribution < -0.4 is 0 Å². The van der Waals surface area contributed by atoms with Crippen LogP contribution in [0.2, 0.25) is 0 Å². The topological polar surface area (TPSA) is 23.6 Å². The van der Waals surface area contributed by atoms with Gasteiger partial charge in [0.15, 0.2) is 0 Å². The lowest BCUT2D eigenvalue weighted by atomic mass is 10.0. The molecule has 3 fully saturated rings. The van der Waals surface area contributed by atoms with Gasteiger partial charge in [-0.05, 0) is 25.8 Å². The van der Waals surface area contributed by atoms with E-state index in [1.807, 2.05) is 0 Å². The first-order valence-corrected chi connectivity index (χ1v) is 6.34. The minimum absolute atomic E-state index is 0.465. The standard InChI is InChI=1S/C12H20N2O/c15-10-3-7-14(8-4-10)12-5-9-13-6-1-2-11(12)13/h11-12H,1-9H2. The van der Waals surface area contributed by atoms with Crippen LogP contribution >= 0.6 is 0 Å². The smallest absolute Gasteiger partial charge is 0.135 e. The zero-order valence-electron chi connectivity index (χ0n) is 9.32. The summed E-state index contributed by atoms with van der Waals surface area (Å²) in [4.78, 5) is 16.4. The molecule has 3 rings (SSSR count). The van der Waals surface area contributed by atoms with E-state index in [9.17, 15) is 4.79 Å². The summed E-state index contributed by atoms with van der Waals surface area (Å²) in [6.45, 7) is 4.65. The van der Waals surface area contributed by atoms with Gasteiger partial charge in [0.25, 0.3) is 0 Å². The minimum Gasteiger partial charge on any atom is -0.300 e. The van der Waals surface area contributed by atoms with Crippen molar-refractivity contribution in [3.05, 3.63) is 0 Å². The lowest BCUT2D eigenvalue weighted by Crippen LogP contribution is -2.46. The van der Waals surface area contributed by atoms with Crippen LogP contribution in [0.4, 0.5) is 0 Å². The van der Waals surface area contributed by atoms with Gasteiger partial charge in [-0.1, -0.05) is 0 Å². The van der Waals surface area contributed by atoms with Gasteiger partial charge in [-0.3, -0.25) is 14.6 Å². The van der Waals surface area contributed by atoms with Crippen molar-refractivity contribution in [2.24, 2.45) is 0 Å². The third-order valence-corrected chi connectivity index (χ3v) is 4.40. The molecule has 3 heteroatoms. The van der Waals surface area contributed by atoms with Crippen LogP contribution in [0.1, 0.15) is 32.1 Å². The summed E-state index contributed by atoms with van der Waals surface area (Å²) in [7, 11) is 0. The quantitative estimate of drug-likeness (QED) is 0.639. The highest BCUT2D eigenvalue weighted by Gasteiger charge is 2.40. The molecule has 0 aromatic carbocycles. The Morgan fingerprint density at radius 3 is 2.33 bits per heavy atom. The molecule has 0 aromatic rings. The Morgan fingerprint density at radius 1 is 0.867 bits per heavy atom. The van der Waals surface area contributed by atoms with E-state index in [4.69, 9.17) is 0 Å². The van der Waals surface area contributed by atoms with Crippen molar-refractivity contribution < 1.29 is 4.79 Å². The Balaban J connectivity index is 1.64. The first kappa shape index (κ1) is 9.79. The molecule has 2 unspecified atom stereocenters. The van der Waals surface area contributed by atoms with E-state index >= 15 is 0 Å². The molecule has 15 heavy (non-hydrogen) atoms. The second-order valence-corrected chi connectivity index (χ2v) is 5.18. The van der Waals surface area contributed by atoms with Gasteiger partial charge in [0, 0.05) is 44.6 Å². The van der Waals surface area contributed by atoms with E-state index in [2.05, 4.69) is 9.80 Å². The largest absolute Gasteiger partial charge is 0.300 e. The third kappa shape index (κ3) is 1.72. The molecule has 0 aromatic heterocycles. The second-order valence-electron chi connectivity index (χ2n) is 5.18. The SMILES string of the molecule is O=C1CCN(C2CCN3CCCC23)CC1. The van der Waals surface area contributed by atoms with Crippen molar-refractivity contribution >= 4 is 5.78 Å². The number of fused-ring (bicyclic) bond motifs is 1. The first-order chi connectivity index (χ1) is 7.34. The lowest BCUT2D eigenvalue weighted by Gasteiger charge is -2.35. The Morgan fingerprint density at radius 2 is 1.53 bits per heavy atom. The zero-order valence-corrected chi connectivity index (χ0v) is 9.32. The highest BCUT2D eigenvalue weighted by atomic mass is 16.1. The Hall–Kier alpha value is -0.410. The molecule has 0 bridgehead atoms. The van der Waals surface area contributed by atoms with Gasteiger partial charge in [0.2, 0.25) is 0 Å². The number of nitrogens with zero attached hydrogens (tertiary/aromatic N) is 2. The number of likely N-dealkylation sites (tertiary alicyclic amines) is 1. The number of hydrogen-bond donors (Lipinski definition) is 0. The maximum Gasteiger partial charge on any atom is 0.135 e. The predicted molar refractivity (Wildman–Crippen MR) is 58.8 cm³/mol. The molecule has 2 atom stereocenters. The Labute approximate surface area is 91.4 Å². The highest BCUT2D eigenvalue weighted by molar-refractivity contribution is 5.79. The van der Waals surface area contributed by atoms with Gasteiger partial charge in [-0.2, -0.15) is 0 Å². The average molecular weight is 208 g/mol. The van der Waals surface area contributed by atoms with Crippen LogP contribution in [0.25, 0.3) is 0 Å². The van der Waals surface area contributed by atoms with Crippen LogP contribution in [0, 0.1) is 0 Å². The van der Waals surface area contributed by atoms with Crippen LogP contribution in [-0.4, -0.2) is 53.8 Å². The highest BCUT2D eigenvalue weighted by Crippen LogP contribution is 2.32. The van der Waals surface area contributed by atoms with E-state index in [0.29, 0.717) is 5.78 Å². The summed E-state index contributed by atoms with van der Waals surface area (Å²) in [5, 5.41) is 0. The summed E-state index contributed by atoms with van der Waals surface area (Å²) < 4.78 is 0. The number of carbonyl (C=O) groups excluding carboxylic acids is 1. The minimum atomic E-state index is 0.465. The molecule has 0 N–H and O–H groups in total. The number of hydrogen-bond acceptors (Lipinski definition) is 3. The van der Waals surface area contributed by atoms with Gasteiger partial charge < -0.3 is 0 Å². The van der Waals surface area contributed by atoms with E-state index in [1.54, 1.807) is 0 Å². The van der Waals surface area contributed by atoms with Gasteiger partial charge >= 0.3 is 0 Å². The average Bonchev–Trinajstić information content (AvgIpc) is 2.80. The van der Waals surface area contributed by atoms with E-state index in [-0.39, 0.29) is 0 Å². The summed E-state index contributed by atoms with van der Waals surface area (Å²) in [6, 6.07) is 1.58. The molecule has 0 spiro atoms. The van der Waals surface area contributed by atoms with Crippen molar-refractivity contribution in [3.8, 4) is 0 Å². The first-order valence-electron chi connectivity index (χ1n) is 6.34.